The number of ether oxygens (including phenoxy) is 3. The highest BCUT2D eigenvalue weighted by atomic mass is 16.6. The zero-order valence-corrected chi connectivity index (χ0v) is 51.8. The van der Waals surface area contributed by atoms with Gasteiger partial charge < -0.3 is 14.2 Å². The van der Waals surface area contributed by atoms with Crippen LogP contribution in [0.25, 0.3) is 0 Å². The van der Waals surface area contributed by atoms with E-state index in [1.165, 1.54) is 295 Å². The van der Waals surface area contributed by atoms with Gasteiger partial charge in [0.05, 0.1) is 0 Å². The lowest BCUT2D eigenvalue weighted by atomic mass is 10.0. The molecule has 0 N–H and O–H groups in total. The number of esters is 3. The Morgan fingerprint density at radius 2 is 0.434 bits per heavy atom. The summed E-state index contributed by atoms with van der Waals surface area (Å²) >= 11 is 0. The summed E-state index contributed by atoms with van der Waals surface area (Å²) in [6.45, 7) is 6.62. The lowest BCUT2D eigenvalue weighted by Crippen LogP contribution is -2.30. The molecule has 0 heterocycles. The van der Waals surface area contributed by atoms with Crippen LogP contribution in [0, 0.1) is 0 Å². The van der Waals surface area contributed by atoms with Crippen molar-refractivity contribution in [1.29, 1.82) is 0 Å². The van der Waals surface area contributed by atoms with Gasteiger partial charge in [0.25, 0.3) is 0 Å². The van der Waals surface area contributed by atoms with Crippen molar-refractivity contribution in [3.8, 4) is 0 Å². The molecule has 0 fully saturated rings. The fourth-order valence-electron chi connectivity index (χ4n) is 10.8. The third kappa shape index (κ3) is 63.0. The lowest BCUT2D eigenvalue weighted by Gasteiger charge is -2.18. The standard InChI is InChI=1S/C70H134O6/c1-4-7-10-13-15-17-19-21-23-25-27-28-29-30-31-32-33-34-35-36-37-38-39-40-41-43-44-46-48-50-52-54-57-60-63-69(72)75-66-67(65-74-68(71)62-59-56-12-9-6-3)76-70(73)64-61-58-55-53-51-49-47-45-42-26-24-22-20-18-16-14-11-8-5-2/h22,24,67H,4-21,23,25-66H2,1-3H3/b24-22-. The van der Waals surface area contributed by atoms with Gasteiger partial charge in [0.15, 0.2) is 6.10 Å². The highest BCUT2D eigenvalue weighted by Crippen LogP contribution is 2.19. The van der Waals surface area contributed by atoms with Crippen LogP contribution in [0.4, 0.5) is 0 Å². The Bertz CT molecular complexity index is 1180. The molecule has 0 rings (SSSR count). The van der Waals surface area contributed by atoms with Gasteiger partial charge in [-0.3, -0.25) is 14.4 Å². The molecule has 76 heavy (non-hydrogen) atoms. The Hall–Kier alpha value is -1.85. The van der Waals surface area contributed by atoms with Crippen LogP contribution in [-0.4, -0.2) is 37.2 Å². The number of rotatable bonds is 65. The van der Waals surface area contributed by atoms with E-state index in [9.17, 15) is 14.4 Å². The van der Waals surface area contributed by atoms with Crippen LogP contribution in [0.15, 0.2) is 12.2 Å². The Kier molecular flexibility index (Phi) is 64.1. The smallest absolute Gasteiger partial charge is 0.306 e. The van der Waals surface area contributed by atoms with Crippen LogP contribution in [-0.2, 0) is 28.6 Å². The fourth-order valence-corrected chi connectivity index (χ4v) is 10.8. The normalized spacial score (nSPS) is 12.0. The molecule has 0 aliphatic heterocycles. The summed E-state index contributed by atoms with van der Waals surface area (Å²) in [4.78, 5) is 37.9. The lowest BCUT2D eigenvalue weighted by molar-refractivity contribution is -0.167. The monoisotopic (exact) mass is 1070 g/mol. The minimum atomic E-state index is -0.765. The molecule has 0 aromatic carbocycles. The van der Waals surface area contributed by atoms with Crippen molar-refractivity contribution in [1.82, 2.24) is 0 Å². The molecule has 0 saturated heterocycles. The number of unbranched alkanes of at least 4 members (excludes halogenated alkanes) is 52. The molecule has 450 valence electrons. The second-order valence-corrected chi connectivity index (χ2v) is 23.8. The molecule has 1 unspecified atom stereocenters. The number of hydrogen-bond donors (Lipinski definition) is 0. The van der Waals surface area contributed by atoms with Crippen molar-refractivity contribution in [3.05, 3.63) is 12.2 Å². The molecule has 0 spiro atoms. The molecule has 6 nitrogen and oxygen atoms in total. The van der Waals surface area contributed by atoms with Crippen molar-refractivity contribution < 1.29 is 28.6 Å². The summed E-state index contributed by atoms with van der Waals surface area (Å²) in [6, 6.07) is 0. The molecule has 0 aliphatic rings. The van der Waals surface area contributed by atoms with Gasteiger partial charge in [-0.25, -0.2) is 0 Å². The molecular formula is C70H134O6. The summed E-state index contributed by atoms with van der Waals surface area (Å²) in [6.07, 6.45) is 78.8. The molecule has 0 aliphatic carbocycles. The first-order valence-electron chi connectivity index (χ1n) is 34.7. The van der Waals surface area contributed by atoms with Crippen molar-refractivity contribution in [2.75, 3.05) is 13.2 Å². The Morgan fingerprint density at radius 3 is 0.658 bits per heavy atom. The zero-order chi connectivity index (χ0) is 55.0. The van der Waals surface area contributed by atoms with Gasteiger partial charge in [-0.1, -0.05) is 348 Å². The largest absolute Gasteiger partial charge is 0.462 e. The van der Waals surface area contributed by atoms with Gasteiger partial charge >= 0.3 is 17.9 Å². The minimum Gasteiger partial charge on any atom is -0.462 e. The van der Waals surface area contributed by atoms with Gasteiger partial charge in [0.1, 0.15) is 13.2 Å². The Morgan fingerprint density at radius 1 is 0.250 bits per heavy atom. The highest BCUT2D eigenvalue weighted by molar-refractivity contribution is 5.71. The maximum absolute atomic E-state index is 12.8. The first-order valence-corrected chi connectivity index (χ1v) is 34.7. The Balaban J connectivity index is 3.85. The van der Waals surface area contributed by atoms with Gasteiger partial charge in [-0.15, -0.1) is 0 Å². The molecule has 1 atom stereocenters. The number of hydrogen-bond acceptors (Lipinski definition) is 6. The molecule has 0 radical (unpaired) electrons. The van der Waals surface area contributed by atoms with Crippen molar-refractivity contribution in [2.24, 2.45) is 0 Å². The molecule has 0 amide bonds. The maximum atomic E-state index is 12.8. The van der Waals surface area contributed by atoms with E-state index in [0.29, 0.717) is 19.3 Å². The van der Waals surface area contributed by atoms with Crippen LogP contribution in [0.5, 0.6) is 0 Å². The van der Waals surface area contributed by atoms with Gasteiger partial charge in [-0.2, -0.15) is 0 Å². The highest BCUT2D eigenvalue weighted by Gasteiger charge is 2.19. The topological polar surface area (TPSA) is 78.9 Å². The van der Waals surface area contributed by atoms with Gasteiger partial charge in [-0.05, 0) is 44.9 Å². The van der Waals surface area contributed by atoms with Gasteiger partial charge in [0.2, 0.25) is 0 Å². The van der Waals surface area contributed by atoms with Crippen molar-refractivity contribution in [2.45, 2.75) is 406 Å². The van der Waals surface area contributed by atoms with Crippen LogP contribution >= 0.6 is 0 Å². The van der Waals surface area contributed by atoms with E-state index in [4.69, 9.17) is 14.2 Å². The van der Waals surface area contributed by atoms with Crippen LogP contribution < -0.4 is 0 Å². The summed E-state index contributed by atoms with van der Waals surface area (Å²) in [5.74, 6) is -0.856. The van der Waals surface area contributed by atoms with E-state index in [0.717, 1.165) is 64.2 Å². The average molecular weight is 1070 g/mol. The third-order valence-corrected chi connectivity index (χ3v) is 16.0. The molecule has 0 aromatic heterocycles. The third-order valence-electron chi connectivity index (χ3n) is 16.0. The van der Waals surface area contributed by atoms with Gasteiger partial charge in [0, 0.05) is 19.3 Å². The van der Waals surface area contributed by atoms with E-state index in [1.807, 2.05) is 0 Å². The number of carbonyl (C=O) groups excluding carboxylic acids is 3. The second-order valence-electron chi connectivity index (χ2n) is 23.8. The van der Waals surface area contributed by atoms with Crippen molar-refractivity contribution >= 4 is 17.9 Å². The average Bonchev–Trinajstić information content (AvgIpc) is 3.42. The summed E-state index contributed by atoms with van der Waals surface area (Å²) < 4.78 is 16.8. The quantitative estimate of drug-likeness (QED) is 0.0261. The first-order chi connectivity index (χ1) is 37.5. The van der Waals surface area contributed by atoms with E-state index >= 15 is 0 Å². The molecule has 0 aromatic rings. The molecule has 0 bridgehead atoms. The zero-order valence-electron chi connectivity index (χ0n) is 51.8. The number of allylic oxidation sites excluding steroid dienone is 2. The Labute approximate surface area is 475 Å². The van der Waals surface area contributed by atoms with Crippen LogP contribution in [0.3, 0.4) is 0 Å². The van der Waals surface area contributed by atoms with E-state index in [2.05, 4.69) is 32.9 Å². The SMILES string of the molecule is CCCCCCCC/C=C\CCCCCCCCCCCC(=O)OC(COC(=O)CCCCCCC)COC(=O)CCCCCCCCCCCCCCCCCCCCCCCCCCCCCCCCCCCC. The van der Waals surface area contributed by atoms with E-state index in [-0.39, 0.29) is 31.1 Å². The first kappa shape index (κ1) is 74.2. The molecule has 0 saturated carbocycles. The van der Waals surface area contributed by atoms with E-state index in [1.54, 1.807) is 0 Å². The summed E-state index contributed by atoms with van der Waals surface area (Å²) in [5.41, 5.74) is 0. The van der Waals surface area contributed by atoms with E-state index < -0.39 is 6.10 Å². The van der Waals surface area contributed by atoms with Crippen LogP contribution in [0.1, 0.15) is 400 Å². The fraction of sp³-hybridized carbons (Fsp3) is 0.929. The molecular weight excluding hydrogens is 937 g/mol. The minimum absolute atomic E-state index is 0.0660. The summed E-state index contributed by atoms with van der Waals surface area (Å²) in [7, 11) is 0. The van der Waals surface area contributed by atoms with Crippen molar-refractivity contribution in [3.63, 3.8) is 0 Å². The summed E-state index contributed by atoms with van der Waals surface area (Å²) in [5, 5.41) is 0. The second kappa shape index (κ2) is 65.7. The predicted molar refractivity (Wildman–Crippen MR) is 330 cm³/mol. The predicted octanol–water partition coefficient (Wildman–Crippen LogP) is 23.6. The number of carbonyl (C=O) groups is 3. The maximum Gasteiger partial charge on any atom is 0.306 e. The van der Waals surface area contributed by atoms with Crippen LogP contribution in [0.2, 0.25) is 0 Å². The molecule has 6 heteroatoms.